The van der Waals surface area contributed by atoms with Crippen LogP contribution in [0.4, 0.5) is 0 Å². The number of unbranched alkanes of at least 4 members (excludes halogenated alkanes) is 1. The Morgan fingerprint density at radius 1 is 1.47 bits per heavy atom. The molecule has 0 aromatic heterocycles. The van der Waals surface area contributed by atoms with E-state index in [0.717, 1.165) is 0 Å². The summed E-state index contributed by atoms with van der Waals surface area (Å²) in [5, 5.41) is 10.7. The summed E-state index contributed by atoms with van der Waals surface area (Å²) >= 11 is 0. The van der Waals surface area contributed by atoms with Crippen LogP contribution in [0.2, 0.25) is 0 Å². The number of nitrogens with zero attached hydrogens (tertiary/aromatic N) is 1. The Morgan fingerprint density at radius 3 is 2.59 bits per heavy atom. The molecule has 7 nitrogen and oxygen atoms in total. The molecule has 0 saturated carbocycles. The average molecular weight is 241 g/mol. The van der Waals surface area contributed by atoms with Crippen molar-refractivity contribution in [1.82, 2.24) is 5.32 Å². The van der Waals surface area contributed by atoms with Gasteiger partial charge in [0.2, 0.25) is 5.91 Å². The molecule has 17 heavy (non-hydrogen) atoms. The third-order valence-electron chi connectivity index (χ3n) is 1.87. The molecule has 0 aliphatic carbocycles. The van der Waals surface area contributed by atoms with Gasteiger partial charge in [0.15, 0.2) is 6.61 Å². The molecule has 94 valence electrons. The summed E-state index contributed by atoms with van der Waals surface area (Å²) < 4.78 is 4.45. The van der Waals surface area contributed by atoms with Crippen molar-refractivity contribution in [3.05, 3.63) is 0 Å². The topological polar surface area (TPSA) is 122 Å². The van der Waals surface area contributed by atoms with Crippen LogP contribution in [0, 0.1) is 11.3 Å². The van der Waals surface area contributed by atoms with Gasteiger partial charge in [-0.2, -0.15) is 5.26 Å². The molecule has 0 unspecified atom stereocenters. The lowest BCUT2D eigenvalue weighted by atomic mass is 10.1. The van der Waals surface area contributed by atoms with Gasteiger partial charge >= 0.3 is 5.97 Å². The fraction of sp³-hybridized carbons (Fsp3) is 0.600. The van der Waals surface area contributed by atoms with Crippen LogP contribution < -0.4 is 11.1 Å². The van der Waals surface area contributed by atoms with E-state index in [9.17, 15) is 14.4 Å². The Morgan fingerprint density at radius 2 is 2.12 bits per heavy atom. The molecule has 0 heterocycles. The minimum atomic E-state index is -0.841. The lowest BCUT2D eigenvalue weighted by Crippen LogP contribution is -2.45. The number of esters is 1. The first kappa shape index (κ1) is 14.9. The number of ether oxygens (including phenoxy) is 1. The molecule has 0 radical (unpaired) electrons. The smallest absolute Gasteiger partial charge is 0.303 e. The van der Waals surface area contributed by atoms with Gasteiger partial charge in [0.05, 0.1) is 6.07 Å². The van der Waals surface area contributed by atoms with E-state index in [1.165, 1.54) is 6.92 Å². The Hall–Kier alpha value is -2.10. The van der Waals surface area contributed by atoms with Crippen LogP contribution in [0.25, 0.3) is 0 Å². The number of amides is 2. The predicted molar refractivity (Wildman–Crippen MR) is 57.2 cm³/mol. The highest BCUT2D eigenvalue weighted by Crippen LogP contribution is 2.00. The average Bonchev–Trinajstić information content (AvgIpc) is 2.25. The van der Waals surface area contributed by atoms with Gasteiger partial charge in [-0.15, -0.1) is 0 Å². The molecule has 0 rings (SSSR count). The van der Waals surface area contributed by atoms with E-state index in [-0.39, 0.29) is 12.8 Å². The zero-order valence-corrected chi connectivity index (χ0v) is 9.56. The molecule has 0 saturated heterocycles. The van der Waals surface area contributed by atoms with E-state index in [1.54, 1.807) is 0 Å². The molecule has 0 aliphatic heterocycles. The number of nitrogens with one attached hydrogen (secondary N) is 1. The van der Waals surface area contributed by atoms with E-state index in [1.807, 2.05) is 6.07 Å². The van der Waals surface area contributed by atoms with Crippen LogP contribution >= 0.6 is 0 Å². The van der Waals surface area contributed by atoms with Crippen LogP contribution in [0.3, 0.4) is 0 Å². The monoisotopic (exact) mass is 241 g/mol. The number of carbonyl (C=O) groups is 3. The summed E-state index contributed by atoms with van der Waals surface area (Å²) in [4.78, 5) is 32.7. The Balaban J connectivity index is 4.07. The van der Waals surface area contributed by atoms with E-state index < -0.39 is 30.4 Å². The van der Waals surface area contributed by atoms with Crippen LogP contribution in [-0.2, 0) is 19.1 Å². The second kappa shape index (κ2) is 8.10. The lowest BCUT2D eigenvalue weighted by Gasteiger charge is -2.14. The largest absolute Gasteiger partial charge is 0.456 e. The zero-order chi connectivity index (χ0) is 13.3. The number of nitrogens with two attached hydrogens (primary N) is 1. The number of hydrogen-bond acceptors (Lipinski definition) is 5. The van der Waals surface area contributed by atoms with Gasteiger partial charge in [0, 0.05) is 13.3 Å². The van der Waals surface area contributed by atoms with Gasteiger partial charge < -0.3 is 15.8 Å². The number of hydrogen-bond donors (Lipinski definition) is 2. The van der Waals surface area contributed by atoms with E-state index in [2.05, 4.69) is 10.1 Å². The molecule has 0 spiro atoms. The fourth-order valence-electron chi connectivity index (χ4n) is 1.07. The van der Waals surface area contributed by atoms with Gasteiger partial charge in [-0.1, -0.05) is 0 Å². The van der Waals surface area contributed by atoms with Crippen molar-refractivity contribution in [1.29, 1.82) is 5.26 Å². The Bertz CT molecular complexity index is 335. The first-order valence-electron chi connectivity index (χ1n) is 5.06. The number of carbonyl (C=O) groups excluding carboxylic acids is 3. The molecule has 1 atom stereocenters. The normalized spacial score (nSPS) is 11.1. The highest BCUT2D eigenvalue weighted by atomic mass is 16.5. The van der Waals surface area contributed by atoms with Crippen molar-refractivity contribution in [3.8, 4) is 6.07 Å². The SMILES string of the molecule is CC(=O)OCC(=O)N[C@H](CCCC#N)C(N)=O. The second-order valence-electron chi connectivity index (χ2n) is 3.35. The predicted octanol–water partition coefficient (Wildman–Crippen LogP) is -0.787. The Kier molecular flexibility index (Phi) is 7.10. The van der Waals surface area contributed by atoms with E-state index >= 15 is 0 Å². The maximum absolute atomic E-state index is 11.2. The molecule has 2 amide bonds. The molecule has 0 aromatic rings. The first-order valence-corrected chi connectivity index (χ1v) is 5.06. The third-order valence-corrected chi connectivity index (χ3v) is 1.87. The summed E-state index contributed by atoms with van der Waals surface area (Å²) in [5.41, 5.74) is 5.08. The van der Waals surface area contributed by atoms with Crippen LogP contribution in [0.1, 0.15) is 26.2 Å². The van der Waals surface area contributed by atoms with Crippen molar-refractivity contribution in [3.63, 3.8) is 0 Å². The van der Waals surface area contributed by atoms with Gasteiger partial charge in [-0.3, -0.25) is 14.4 Å². The molecule has 3 N–H and O–H groups in total. The van der Waals surface area contributed by atoms with Crippen molar-refractivity contribution in [2.75, 3.05) is 6.61 Å². The molecule has 7 heteroatoms. The minimum Gasteiger partial charge on any atom is -0.456 e. The molecular weight excluding hydrogens is 226 g/mol. The molecule has 0 aromatic carbocycles. The standard InChI is InChI=1S/C10H15N3O4/c1-7(14)17-6-9(15)13-8(10(12)16)4-2-3-5-11/h8H,2-4,6H2,1H3,(H2,12,16)(H,13,15)/t8-/m1/s1. The van der Waals surface area contributed by atoms with Crippen molar-refractivity contribution < 1.29 is 19.1 Å². The molecular formula is C10H15N3O4. The van der Waals surface area contributed by atoms with Gasteiger partial charge in [-0.05, 0) is 12.8 Å². The first-order chi connectivity index (χ1) is 7.97. The van der Waals surface area contributed by atoms with E-state index in [0.29, 0.717) is 6.42 Å². The minimum absolute atomic E-state index is 0.281. The number of nitriles is 1. The quantitative estimate of drug-likeness (QED) is 0.447. The van der Waals surface area contributed by atoms with Crippen molar-refractivity contribution >= 4 is 17.8 Å². The van der Waals surface area contributed by atoms with Gasteiger partial charge in [-0.25, -0.2) is 0 Å². The van der Waals surface area contributed by atoms with Gasteiger partial charge in [0.1, 0.15) is 6.04 Å². The van der Waals surface area contributed by atoms with Crippen LogP contribution in [0.15, 0.2) is 0 Å². The van der Waals surface area contributed by atoms with Crippen LogP contribution in [0.5, 0.6) is 0 Å². The highest BCUT2D eigenvalue weighted by Gasteiger charge is 2.17. The summed E-state index contributed by atoms with van der Waals surface area (Å²) in [6.45, 7) is 0.725. The molecule has 0 aliphatic rings. The zero-order valence-electron chi connectivity index (χ0n) is 9.56. The number of primary amides is 1. The summed E-state index contributed by atoms with van der Waals surface area (Å²) in [6, 6.07) is 1.08. The maximum atomic E-state index is 11.2. The maximum Gasteiger partial charge on any atom is 0.303 e. The summed E-state index contributed by atoms with van der Waals surface area (Å²) in [6.07, 6.45) is 1.02. The second-order valence-corrected chi connectivity index (χ2v) is 3.35. The third kappa shape index (κ3) is 7.79. The van der Waals surface area contributed by atoms with Crippen LogP contribution in [-0.4, -0.2) is 30.4 Å². The Labute approximate surface area is 98.9 Å². The van der Waals surface area contributed by atoms with Gasteiger partial charge in [0.25, 0.3) is 5.91 Å². The fourth-order valence-corrected chi connectivity index (χ4v) is 1.07. The highest BCUT2D eigenvalue weighted by molar-refractivity contribution is 5.87. The van der Waals surface area contributed by atoms with Crippen molar-refractivity contribution in [2.45, 2.75) is 32.2 Å². The van der Waals surface area contributed by atoms with E-state index in [4.69, 9.17) is 11.0 Å². The number of rotatable bonds is 7. The summed E-state index contributed by atoms with van der Waals surface area (Å²) in [5.74, 6) is -1.86. The molecule has 0 fully saturated rings. The lowest BCUT2D eigenvalue weighted by molar-refractivity contribution is -0.146. The molecule has 0 bridgehead atoms. The van der Waals surface area contributed by atoms with Crippen molar-refractivity contribution in [2.24, 2.45) is 5.73 Å². The summed E-state index contributed by atoms with van der Waals surface area (Å²) in [7, 11) is 0.